The van der Waals surface area contributed by atoms with Crippen molar-refractivity contribution in [3.63, 3.8) is 0 Å². The van der Waals surface area contributed by atoms with Crippen LogP contribution in [0.2, 0.25) is 0 Å². The van der Waals surface area contributed by atoms with Gasteiger partial charge in [-0.1, -0.05) is 12.8 Å². The Morgan fingerprint density at radius 1 is 1.16 bits per heavy atom. The van der Waals surface area contributed by atoms with Gasteiger partial charge in [0.1, 0.15) is 6.54 Å². The quantitative estimate of drug-likeness (QED) is 0.706. The summed E-state index contributed by atoms with van der Waals surface area (Å²) in [7, 11) is 0. The van der Waals surface area contributed by atoms with E-state index in [2.05, 4.69) is 5.32 Å². The summed E-state index contributed by atoms with van der Waals surface area (Å²) in [6.07, 6.45) is -1.72. The predicted octanol–water partition coefficient (Wildman–Crippen LogP) is 0.474. The van der Waals surface area contributed by atoms with Gasteiger partial charge in [-0.05, 0) is 12.8 Å². The molecule has 0 aromatic carbocycles. The van der Waals surface area contributed by atoms with Gasteiger partial charge in [-0.2, -0.15) is 13.2 Å². The van der Waals surface area contributed by atoms with Crippen molar-refractivity contribution in [3.05, 3.63) is 0 Å². The number of nitrogens with one attached hydrogen (secondary N) is 2. The second kappa shape index (κ2) is 6.95. The molecule has 0 aliphatic heterocycles. The van der Waals surface area contributed by atoms with Crippen LogP contribution in [0.4, 0.5) is 13.2 Å². The minimum atomic E-state index is -4.46. The van der Waals surface area contributed by atoms with Gasteiger partial charge in [0.05, 0.1) is 12.1 Å². The zero-order valence-corrected chi connectivity index (χ0v) is 11.0. The predicted molar refractivity (Wildman–Crippen MR) is 64.7 cm³/mol. The van der Waals surface area contributed by atoms with Gasteiger partial charge in [0.15, 0.2) is 0 Å². The van der Waals surface area contributed by atoms with Crippen molar-refractivity contribution in [1.82, 2.24) is 10.6 Å². The number of halogens is 4. The molecule has 0 spiro atoms. The van der Waals surface area contributed by atoms with Crippen LogP contribution in [0.25, 0.3) is 0 Å². The lowest BCUT2D eigenvalue weighted by Gasteiger charge is -2.22. The number of nitrogens with two attached hydrogens (primary N) is 1. The van der Waals surface area contributed by atoms with Crippen LogP contribution in [0.3, 0.4) is 0 Å². The SMILES string of the molecule is Cl.NC1(C(=O)NCC(=O)NCC(F)(F)F)CCCC1. The summed E-state index contributed by atoms with van der Waals surface area (Å²) in [5.41, 5.74) is 4.83. The molecule has 0 bridgehead atoms. The van der Waals surface area contributed by atoms with E-state index in [9.17, 15) is 22.8 Å². The molecule has 0 aromatic rings. The topological polar surface area (TPSA) is 84.2 Å². The third kappa shape index (κ3) is 6.11. The summed E-state index contributed by atoms with van der Waals surface area (Å²) in [5, 5.41) is 3.92. The van der Waals surface area contributed by atoms with Crippen molar-refractivity contribution in [2.75, 3.05) is 13.1 Å². The fourth-order valence-corrected chi connectivity index (χ4v) is 1.83. The molecule has 0 aromatic heterocycles. The molecule has 1 fully saturated rings. The van der Waals surface area contributed by atoms with E-state index >= 15 is 0 Å². The second-order valence-electron chi connectivity index (χ2n) is 4.44. The smallest absolute Gasteiger partial charge is 0.345 e. The number of amides is 2. The first-order valence-corrected chi connectivity index (χ1v) is 5.64. The normalized spacial score (nSPS) is 17.5. The molecular weight excluding hydrogens is 287 g/mol. The highest BCUT2D eigenvalue weighted by molar-refractivity contribution is 5.90. The minimum Gasteiger partial charge on any atom is -0.345 e. The number of rotatable bonds is 4. The standard InChI is InChI=1S/C10H16F3N3O2.ClH/c11-10(12,13)6-16-7(17)5-15-8(18)9(14)3-1-2-4-9;/h1-6,14H2,(H,15,18)(H,16,17);1H. The van der Waals surface area contributed by atoms with Crippen LogP contribution in [0, 0.1) is 0 Å². The number of carbonyl (C=O) groups excluding carboxylic acids is 2. The maximum atomic E-state index is 11.8. The molecule has 112 valence electrons. The zero-order valence-electron chi connectivity index (χ0n) is 10.2. The molecule has 0 saturated heterocycles. The number of hydrogen-bond acceptors (Lipinski definition) is 3. The van der Waals surface area contributed by atoms with Crippen LogP contribution >= 0.6 is 12.4 Å². The third-order valence-corrected chi connectivity index (χ3v) is 2.84. The number of carbonyl (C=O) groups is 2. The van der Waals surface area contributed by atoms with Crippen molar-refractivity contribution in [3.8, 4) is 0 Å². The van der Waals surface area contributed by atoms with Crippen LogP contribution in [0.1, 0.15) is 25.7 Å². The Balaban J connectivity index is 0.00000324. The maximum absolute atomic E-state index is 11.8. The monoisotopic (exact) mass is 303 g/mol. The minimum absolute atomic E-state index is 0. The van der Waals surface area contributed by atoms with Crippen LogP contribution in [-0.2, 0) is 9.59 Å². The molecule has 4 N–H and O–H groups in total. The first-order chi connectivity index (χ1) is 8.23. The van der Waals surface area contributed by atoms with Gasteiger partial charge in [-0.3, -0.25) is 9.59 Å². The zero-order chi connectivity index (χ0) is 13.8. The second-order valence-corrected chi connectivity index (χ2v) is 4.44. The van der Waals surface area contributed by atoms with Crippen LogP contribution in [0.15, 0.2) is 0 Å². The average Bonchev–Trinajstić information content (AvgIpc) is 2.70. The van der Waals surface area contributed by atoms with Crippen molar-refractivity contribution in [2.24, 2.45) is 5.73 Å². The fraction of sp³-hybridized carbons (Fsp3) is 0.800. The molecule has 1 saturated carbocycles. The van der Waals surface area contributed by atoms with E-state index < -0.39 is 36.6 Å². The van der Waals surface area contributed by atoms with Crippen molar-refractivity contribution in [2.45, 2.75) is 37.4 Å². The lowest BCUT2D eigenvalue weighted by atomic mass is 9.98. The first kappa shape index (κ1) is 18.0. The third-order valence-electron chi connectivity index (χ3n) is 2.84. The Labute approximate surface area is 114 Å². The van der Waals surface area contributed by atoms with Crippen molar-refractivity contribution >= 4 is 24.2 Å². The largest absolute Gasteiger partial charge is 0.405 e. The van der Waals surface area contributed by atoms with Gasteiger partial charge in [0.25, 0.3) is 0 Å². The van der Waals surface area contributed by atoms with Gasteiger partial charge < -0.3 is 16.4 Å². The molecule has 19 heavy (non-hydrogen) atoms. The van der Waals surface area contributed by atoms with Gasteiger partial charge in [-0.15, -0.1) is 12.4 Å². The Morgan fingerprint density at radius 3 is 2.16 bits per heavy atom. The van der Waals surface area contributed by atoms with E-state index in [1.165, 1.54) is 0 Å². The van der Waals surface area contributed by atoms with Gasteiger partial charge in [0.2, 0.25) is 11.8 Å². The van der Waals surface area contributed by atoms with E-state index in [4.69, 9.17) is 5.73 Å². The van der Waals surface area contributed by atoms with E-state index in [1.807, 2.05) is 0 Å². The lowest BCUT2D eigenvalue weighted by molar-refractivity contribution is -0.138. The highest BCUT2D eigenvalue weighted by Crippen LogP contribution is 2.27. The van der Waals surface area contributed by atoms with E-state index in [0.29, 0.717) is 12.8 Å². The molecule has 0 heterocycles. The van der Waals surface area contributed by atoms with Crippen molar-refractivity contribution < 1.29 is 22.8 Å². The van der Waals surface area contributed by atoms with E-state index in [-0.39, 0.29) is 12.4 Å². The highest BCUT2D eigenvalue weighted by Gasteiger charge is 2.37. The molecule has 2 amide bonds. The molecule has 5 nitrogen and oxygen atoms in total. The number of hydrogen-bond donors (Lipinski definition) is 3. The summed E-state index contributed by atoms with van der Waals surface area (Å²) in [4.78, 5) is 22.7. The maximum Gasteiger partial charge on any atom is 0.405 e. The summed E-state index contributed by atoms with van der Waals surface area (Å²) >= 11 is 0. The van der Waals surface area contributed by atoms with E-state index in [1.54, 1.807) is 5.32 Å². The summed E-state index contributed by atoms with van der Waals surface area (Å²) < 4.78 is 35.4. The van der Waals surface area contributed by atoms with Gasteiger partial charge >= 0.3 is 6.18 Å². The molecular formula is C10H17ClF3N3O2. The summed E-state index contributed by atoms with van der Waals surface area (Å²) in [5.74, 6) is -1.37. The first-order valence-electron chi connectivity index (χ1n) is 5.64. The Morgan fingerprint density at radius 2 is 1.68 bits per heavy atom. The lowest BCUT2D eigenvalue weighted by Crippen LogP contribution is -2.54. The van der Waals surface area contributed by atoms with Crippen LogP contribution in [0.5, 0.6) is 0 Å². The summed E-state index contributed by atoms with van der Waals surface area (Å²) in [6.45, 7) is -1.90. The molecule has 9 heteroatoms. The molecule has 0 atom stereocenters. The molecule has 1 aliphatic carbocycles. The van der Waals surface area contributed by atoms with Crippen molar-refractivity contribution in [1.29, 1.82) is 0 Å². The molecule has 1 rings (SSSR count). The van der Waals surface area contributed by atoms with E-state index in [0.717, 1.165) is 12.8 Å². The summed E-state index contributed by atoms with van der Waals surface area (Å²) in [6, 6.07) is 0. The Bertz CT molecular complexity index is 330. The fourth-order valence-electron chi connectivity index (χ4n) is 1.83. The number of alkyl halides is 3. The Kier molecular flexibility index (Phi) is 6.58. The van der Waals surface area contributed by atoms with Crippen LogP contribution < -0.4 is 16.4 Å². The van der Waals surface area contributed by atoms with Gasteiger partial charge in [0, 0.05) is 0 Å². The van der Waals surface area contributed by atoms with Crippen LogP contribution in [-0.4, -0.2) is 36.6 Å². The molecule has 0 unspecified atom stereocenters. The Hall–Kier alpha value is -1.02. The molecule has 1 aliphatic rings. The highest BCUT2D eigenvalue weighted by atomic mass is 35.5. The van der Waals surface area contributed by atoms with Gasteiger partial charge in [-0.25, -0.2) is 0 Å². The average molecular weight is 304 g/mol. The molecule has 0 radical (unpaired) electrons.